The van der Waals surface area contributed by atoms with Gasteiger partial charge >= 0.3 is 0 Å². The van der Waals surface area contributed by atoms with Gasteiger partial charge in [-0.2, -0.15) is 0 Å². The Morgan fingerprint density at radius 3 is 2.24 bits per heavy atom. The van der Waals surface area contributed by atoms with Crippen LogP contribution in [-0.4, -0.2) is 29.8 Å². The van der Waals surface area contributed by atoms with Crippen LogP contribution >= 0.6 is 23.2 Å². The first-order chi connectivity index (χ1) is 13.9. The van der Waals surface area contributed by atoms with Gasteiger partial charge in [0.05, 0.1) is 0 Å². The van der Waals surface area contributed by atoms with Crippen molar-refractivity contribution in [3.63, 3.8) is 0 Å². The van der Waals surface area contributed by atoms with E-state index >= 15 is 0 Å². The third kappa shape index (κ3) is 6.48. The second-order valence-corrected chi connectivity index (χ2v) is 7.81. The minimum Gasteiger partial charge on any atom is -0.357 e. The summed E-state index contributed by atoms with van der Waals surface area (Å²) in [4.78, 5) is 27.1. The number of halogens is 2. The van der Waals surface area contributed by atoms with Crippen LogP contribution in [0.3, 0.4) is 0 Å². The minimum atomic E-state index is -0.554. The molecule has 2 aromatic carbocycles. The highest BCUT2D eigenvalue weighted by molar-refractivity contribution is 6.35. The molecule has 0 aromatic heterocycles. The van der Waals surface area contributed by atoms with E-state index in [1.54, 1.807) is 30.1 Å². The molecule has 0 spiro atoms. The third-order valence-electron chi connectivity index (χ3n) is 5.05. The maximum absolute atomic E-state index is 13.1. The van der Waals surface area contributed by atoms with Crippen molar-refractivity contribution in [2.24, 2.45) is 0 Å². The summed E-state index contributed by atoms with van der Waals surface area (Å²) in [5.74, 6) is -0.260. The van der Waals surface area contributed by atoms with E-state index in [0.717, 1.165) is 17.5 Å². The van der Waals surface area contributed by atoms with E-state index in [4.69, 9.17) is 23.2 Å². The van der Waals surface area contributed by atoms with Gasteiger partial charge in [-0.3, -0.25) is 9.59 Å². The Morgan fingerprint density at radius 2 is 1.69 bits per heavy atom. The first-order valence-corrected chi connectivity index (χ1v) is 10.7. The molecule has 0 aliphatic rings. The molecule has 2 aromatic rings. The van der Waals surface area contributed by atoms with Gasteiger partial charge in [-0.1, -0.05) is 67.4 Å². The molecule has 0 saturated carbocycles. The fourth-order valence-electron chi connectivity index (χ4n) is 3.26. The van der Waals surface area contributed by atoms with Crippen molar-refractivity contribution in [1.82, 2.24) is 10.2 Å². The zero-order chi connectivity index (χ0) is 21.4. The average molecular weight is 435 g/mol. The molecular formula is C23H28Cl2N2O2. The van der Waals surface area contributed by atoms with Crippen LogP contribution in [0.1, 0.15) is 43.4 Å². The third-order valence-corrected chi connectivity index (χ3v) is 5.63. The molecule has 2 amide bonds. The molecule has 0 fully saturated rings. The Bertz CT molecular complexity index is 837. The number of aryl methyl sites for hydroxylation is 2. The number of benzene rings is 2. The Morgan fingerprint density at radius 1 is 1.03 bits per heavy atom. The number of hydrogen-bond acceptors (Lipinski definition) is 2. The molecule has 2 rings (SSSR count). The number of carbonyl (C=O) groups excluding carboxylic acids is 2. The molecule has 0 heterocycles. The molecule has 0 radical (unpaired) electrons. The molecule has 0 aliphatic carbocycles. The lowest BCUT2D eigenvalue weighted by molar-refractivity contribution is -0.141. The highest BCUT2D eigenvalue weighted by Crippen LogP contribution is 2.24. The number of nitrogens with zero attached hydrogens (tertiary/aromatic N) is 1. The fourth-order valence-corrected chi connectivity index (χ4v) is 3.72. The lowest BCUT2D eigenvalue weighted by Crippen LogP contribution is -2.48. The summed E-state index contributed by atoms with van der Waals surface area (Å²) < 4.78 is 0. The van der Waals surface area contributed by atoms with Gasteiger partial charge < -0.3 is 10.2 Å². The summed E-state index contributed by atoms with van der Waals surface area (Å²) in [5.41, 5.74) is 3.14. The summed E-state index contributed by atoms with van der Waals surface area (Å²) in [7, 11) is 1.58. The molecule has 4 nitrogen and oxygen atoms in total. The van der Waals surface area contributed by atoms with Crippen molar-refractivity contribution in [3.05, 3.63) is 69.2 Å². The SMILES string of the molecule is CCc1ccc(CCC(=O)N(Cc2ccc(Cl)cc2Cl)[C@@H](CC)C(=O)NC)cc1. The molecule has 1 atom stereocenters. The normalized spacial score (nSPS) is 11.8. The van der Waals surface area contributed by atoms with Gasteiger partial charge in [-0.05, 0) is 48.1 Å². The first-order valence-electron chi connectivity index (χ1n) is 9.92. The van der Waals surface area contributed by atoms with Crippen molar-refractivity contribution in [2.45, 2.75) is 52.1 Å². The Hall–Kier alpha value is -2.04. The molecule has 156 valence electrons. The Kier molecular flexibility index (Phi) is 8.99. The molecule has 29 heavy (non-hydrogen) atoms. The second-order valence-electron chi connectivity index (χ2n) is 6.97. The van der Waals surface area contributed by atoms with Gasteiger partial charge in [-0.15, -0.1) is 0 Å². The molecule has 0 saturated heterocycles. The lowest BCUT2D eigenvalue weighted by Gasteiger charge is -2.30. The van der Waals surface area contributed by atoms with Crippen molar-refractivity contribution in [3.8, 4) is 0 Å². The van der Waals surface area contributed by atoms with E-state index in [1.165, 1.54) is 5.56 Å². The Balaban J connectivity index is 2.20. The van der Waals surface area contributed by atoms with Crippen molar-refractivity contribution in [1.29, 1.82) is 0 Å². The van der Waals surface area contributed by atoms with Crippen LogP contribution < -0.4 is 5.32 Å². The zero-order valence-electron chi connectivity index (χ0n) is 17.2. The summed E-state index contributed by atoms with van der Waals surface area (Å²) in [6.07, 6.45) is 2.45. The number of rotatable bonds is 9. The quantitative estimate of drug-likeness (QED) is 0.600. The number of hydrogen-bond donors (Lipinski definition) is 1. The predicted molar refractivity (Wildman–Crippen MR) is 119 cm³/mol. The van der Waals surface area contributed by atoms with Crippen LogP contribution in [0.4, 0.5) is 0 Å². The van der Waals surface area contributed by atoms with Gasteiger partial charge in [0.2, 0.25) is 11.8 Å². The summed E-state index contributed by atoms with van der Waals surface area (Å²) in [5, 5.41) is 3.68. The van der Waals surface area contributed by atoms with Crippen LogP contribution in [0.2, 0.25) is 10.0 Å². The molecular weight excluding hydrogens is 407 g/mol. The topological polar surface area (TPSA) is 49.4 Å². The van der Waals surface area contributed by atoms with Gasteiger partial charge in [0, 0.05) is 30.1 Å². The zero-order valence-corrected chi connectivity index (χ0v) is 18.7. The molecule has 1 N–H and O–H groups in total. The van der Waals surface area contributed by atoms with Crippen molar-refractivity contribution >= 4 is 35.0 Å². The maximum Gasteiger partial charge on any atom is 0.242 e. The van der Waals surface area contributed by atoms with Crippen LogP contribution in [-0.2, 0) is 29.0 Å². The second kappa shape index (κ2) is 11.2. The lowest BCUT2D eigenvalue weighted by atomic mass is 10.0. The largest absolute Gasteiger partial charge is 0.357 e. The summed E-state index contributed by atoms with van der Waals surface area (Å²) in [6.45, 7) is 4.27. The van der Waals surface area contributed by atoms with Gasteiger partial charge in [0.15, 0.2) is 0 Å². The highest BCUT2D eigenvalue weighted by Gasteiger charge is 2.28. The number of amides is 2. The van der Waals surface area contributed by atoms with E-state index in [-0.39, 0.29) is 18.4 Å². The van der Waals surface area contributed by atoms with Crippen molar-refractivity contribution < 1.29 is 9.59 Å². The minimum absolute atomic E-state index is 0.0777. The van der Waals surface area contributed by atoms with Crippen LogP contribution in [0.15, 0.2) is 42.5 Å². The van der Waals surface area contributed by atoms with E-state index in [0.29, 0.717) is 29.3 Å². The van der Waals surface area contributed by atoms with Gasteiger partial charge in [-0.25, -0.2) is 0 Å². The average Bonchev–Trinajstić information content (AvgIpc) is 2.73. The summed E-state index contributed by atoms with van der Waals surface area (Å²) >= 11 is 12.3. The standard InChI is InChI=1S/C23H28Cl2N2O2/c1-4-16-6-8-17(9-7-16)10-13-22(28)27(21(5-2)23(29)26-3)15-18-11-12-19(24)14-20(18)25/h6-9,11-12,14,21H,4-5,10,13,15H2,1-3H3,(H,26,29)/t21-/m0/s1. The van der Waals surface area contributed by atoms with E-state index in [2.05, 4.69) is 36.5 Å². The number of likely N-dealkylation sites (N-methyl/N-ethyl adjacent to an activating group) is 1. The molecule has 0 bridgehead atoms. The molecule has 0 aliphatic heterocycles. The van der Waals surface area contributed by atoms with Crippen molar-refractivity contribution in [2.75, 3.05) is 7.05 Å². The van der Waals surface area contributed by atoms with E-state index < -0.39 is 6.04 Å². The predicted octanol–water partition coefficient (Wildman–Crippen LogP) is 5.04. The Labute approximate surface area is 183 Å². The van der Waals surface area contributed by atoms with E-state index in [1.807, 2.05) is 6.92 Å². The fraction of sp³-hybridized carbons (Fsp3) is 0.391. The molecule has 0 unspecified atom stereocenters. The maximum atomic E-state index is 13.1. The van der Waals surface area contributed by atoms with Crippen LogP contribution in [0.5, 0.6) is 0 Å². The monoisotopic (exact) mass is 434 g/mol. The number of nitrogens with one attached hydrogen (secondary N) is 1. The van der Waals surface area contributed by atoms with Gasteiger partial charge in [0.1, 0.15) is 6.04 Å². The highest BCUT2D eigenvalue weighted by atomic mass is 35.5. The first kappa shape index (κ1) is 23.2. The van der Waals surface area contributed by atoms with Gasteiger partial charge in [0.25, 0.3) is 0 Å². The van der Waals surface area contributed by atoms with Crippen LogP contribution in [0, 0.1) is 0 Å². The number of carbonyl (C=O) groups is 2. The van der Waals surface area contributed by atoms with E-state index in [9.17, 15) is 9.59 Å². The smallest absolute Gasteiger partial charge is 0.242 e. The van der Waals surface area contributed by atoms with Crippen LogP contribution in [0.25, 0.3) is 0 Å². The summed E-state index contributed by atoms with van der Waals surface area (Å²) in [6, 6.07) is 12.9. The molecule has 6 heteroatoms.